The summed E-state index contributed by atoms with van der Waals surface area (Å²) in [5.74, 6) is -0.189. The molecule has 82 valence electrons. The minimum Gasteiger partial charge on any atom is -0.389 e. The molecular formula is C11H15NO2S. The van der Waals surface area contributed by atoms with Crippen LogP contribution in [0.15, 0.2) is 23.6 Å². The summed E-state index contributed by atoms with van der Waals surface area (Å²) in [5.41, 5.74) is -0.869. The number of nitrogens with one attached hydrogen (secondary N) is 1. The molecule has 1 rings (SSSR count). The summed E-state index contributed by atoms with van der Waals surface area (Å²) >= 11 is 1.57. The van der Waals surface area contributed by atoms with E-state index in [0.29, 0.717) is 0 Å². The van der Waals surface area contributed by atoms with Crippen LogP contribution in [-0.4, -0.2) is 23.2 Å². The Labute approximate surface area is 93.4 Å². The van der Waals surface area contributed by atoms with Crippen molar-refractivity contribution in [3.63, 3.8) is 0 Å². The van der Waals surface area contributed by atoms with Crippen LogP contribution in [0.25, 0.3) is 6.08 Å². The van der Waals surface area contributed by atoms with E-state index in [2.05, 4.69) is 5.32 Å². The third-order valence-corrected chi connectivity index (χ3v) is 2.47. The summed E-state index contributed by atoms with van der Waals surface area (Å²) in [6, 6.07) is 3.86. The molecular weight excluding hydrogens is 210 g/mol. The standard InChI is InChI=1S/C11H15NO2S/c1-11(2,14)8-12-10(13)6-5-9-4-3-7-15-9/h3-7,14H,8H2,1-2H3,(H,12,13). The van der Waals surface area contributed by atoms with E-state index in [-0.39, 0.29) is 12.5 Å². The molecule has 1 heterocycles. The Morgan fingerprint density at radius 2 is 2.40 bits per heavy atom. The highest BCUT2D eigenvalue weighted by Crippen LogP contribution is 2.09. The van der Waals surface area contributed by atoms with Gasteiger partial charge in [0.05, 0.1) is 5.60 Å². The highest BCUT2D eigenvalue weighted by Gasteiger charge is 2.12. The van der Waals surface area contributed by atoms with Gasteiger partial charge in [-0.2, -0.15) is 0 Å². The number of carbonyl (C=O) groups excluding carboxylic acids is 1. The van der Waals surface area contributed by atoms with E-state index in [0.717, 1.165) is 4.88 Å². The molecule has 0 radical (unpaired) electrons. The molecule has 0 saturated heterocycles. The maximum Gasteiger partial charge on any atom is 0.244 e. The largest absolute Gasteiger partial charge is 0.389 e. The number of rotatable bonds is 4. The van der Waals surface area contributed by atoms with Crippen LogP contribution in [0.2, 0.25) is 0 Å². The summed E-state index contributed by atoms with van der Waals surface area (Å²) in [4.78, 5) is 12.3. The molecule has 0 unspecified atom stereocenters. The summed E-state index contributed by atoms with van der Waals surface area (Å²) in [6.07, 6.45) is 3.22. The quantitative estimate of drug-likeness (QED) is 0.765. The Bertz CT molecular complexity index is 336. The van der Waals surface area contributed by atoms with E-state index in [1.165, 1.54) is 6.08 Å². The summed E-state index contributed by atoms with van der Waals surface area (Å²) in [6.45, 7) is 3.55. The molecule has 0 spiro atoms. The molecule has 0 fully saturated rings. The van der Waals surface area contributed by atoms with E-state index in [4.69, 9.17) is 0 Å². The van der Waals surface area contributed by atoms with Crippen LogP contribution < -0.4 is 5.32 Å². The lowest BCUT2D eigenvalue weighted by molar-refractivity contribution is -0.117. The fraction of sp³-hybridized carbons (Fsp3) is 0.364. The average molecular weight is 225 g/mol. The highest BCUT2D eigenvalue weighted by atomic mass is 32.1. The van der Waals surface area contributed by atoms with E-state index < -0.39 is 5.60 Å². The maximum atomic E-state index is 11.3. The lowest BCUT2D eigenvalue weighted by Crippen LogP contribution is -2.37. The lowest BCUT2D eigenvalue weighted by atomic mass is 10.1. The number of carbonyl (C=O) groups is 1. The van der Waals surface area contributed by atoms with Gasteiger partial charge in [-0.05, 0) is 31.4 Å². The molecule has 1 amide bonds. The zero-order chi connectivity index (χ0) is 11.3. The smallest absolute Gasteiger partial charge is 0.244 e. The monoisotopic (exact) mass is 225 g/mol. The van der Waals surface area contributed by atoms with Crippen molar-refractivity contribution in [2.24, 2.45) is 0 Å². The molecule has 2 N–H and O–H groups in total. The Hall–Kier alpha value is -1.13. The Morgan fingerprint density at radius 1 is 1.67 bits per heavy atom. The molecule has 1 aromatic heterocycles. The van der Waals surface area contributed by atoms with Crippen molar-refractivity contribution in [3.05, 3.63) is 28.5 Å². The second-order valence-electron chi connectivity index (χ2n) is 3.88. The first-order valence-electron chi connectivity index (χ1n) is 4.69. The summed E-state index contributed by atoms with van der Waals surface area (Å²) < 4.78 is 0. The van der Waals surface area contributed by atoms with Gasteiger partial charge in [0, 0.05) is 17.5 Å². The number of thiophene rings is 1. The van der Waals surface area contributed by atoms with Gasteiger partial charge in [-0.1, -0.05) is 6.07 Å². The minimum absolute atomic E-state index is 0.189. The molecule has 0 bridgehead atoms. The predicted octanol–water partition coefficient (Wildman–Crippen LogP) is 1.65. The second kappa shape index (κ2) is 5.09. The molecule has 0 atom stereocenters. The zero-order valence-electron chi connectivity index (χ0n) is 8.86. The van der Waals surface area contributed by atoms with Crippen molar-refractivity contribution in [1.29, 1.82) is 0 Å². The van der Waals surface area contributed by atoms with Crippen molar-refractivity contribution in [2.45, 2.75) is 19.4 Å². The molecule has 3 nitrogen and oxygen atoms in total. The van der Waals surface area contributed by atoms with Crippen LogP contribution in [0, 0.1) is 0 Å². The van der Waals surface area contributed by atoms with Crippen molar-refractivity contribution >= 4 is 23.3 Å². The van der Waals surface area contributed by atoms with Gasteiger partial charge in [-0.25, -0.2) is 0 Å². The SMILES string of the molecule is CC(C)(O)CNC(=O)C=Cc1cccs1. The van der Waals surface area contributed by atoms with E-state index in [1.807, 2.05) is 17.5 Å². The molecule has 0 saturated carbocycles. The van der Waals surface area contributed by atoms with Crippen molar-refractivity contribution in [3.8, 4) is 0 Å². The van der Waals surface area contributed by atoms with Gasteiger partial charge in [-0.3, -0.25) is 4.79 Å². The minimum atomic E-state index is -0.869. The Morgan fingerprint density at radius 3 is 2.93 bits per heavy atom. The Balaban J connectivity index is 2.37. The number of amides is 1. The third kappa shape index (κ3) is 5.34. The van der Waals surface area contributed by atoms with Gasteiger partial charge in [0.25, 0.3) is 0 Å². The molecule has 4 heteroatoms. The molecule has 0 aliphatic carbocycles. The van der Waals surface area contributed by atoms with Gasteiger partial charge >= 0.3 is 0 Å². The Kier molecular flexibility index (Phi) is 4.05. The van der Waals surface area contributed by atoms with E-state index in [9.17, 15) is 9.90 Å². The lowest BCUT2D eigenvalue weighted by Gasteiger charge is -2.16. The van der Waals surface area contributed by atoms with Gasteiger partial charge < -0.3 is 10.4 Å². The van der Waals surface area contributed by atoms with Gasteiger partial charge in [0.2, 0.25) is 5.91 Å². The predicted molar refractivity (Wildman–Crippen MR) is 62.7 cm³/mol. The molecule has 0 aromatic carbocycles. The van der Waals surface area contributed by atoms with Gasteiger partial charge in [-0.15, -0.1) is 11.3 Å². The van der Waals surface area contributed by atoms with Crippen LogP contribution in [0.1, 0.15) is 18.7 Å². The van der Waals surface area contributed by atoms with Crippen LogP contribution in [0.4, 0.5) is 0 Å². The summed E-state index contributed by atoms with van der Waals surface area (Å²) in [7, 11) is 0. The van der Waals surface area contributed by atoms with Gasteiger partial charge in [0.15, 0.2) is 0 Å². The molecule has 0 aliphatic heterocycles. The maximum absolute atomic E-state index is 11.3. The number of aliphatic hydroxyl groups is 1. The first-order chi connectivity index (χ1) is 6.97. The van der Waals surface area contributed by atoms with Crippen molar-refractivity contribution < 1.29 is 9.90 Å². The molecule has 1 aromatic rings. The zero-order valence-corrected chi connectivity index (χ0v) is 9.67. The normalized spacial score (nSPS) is 11.9. The van der Waals surface area contributed by atoms with Crippen molar-refractivity contribution in [2.75, 3.05) is 6.54 Å². The van der Waals surface area contributed by atoms with Crippen LogP contribution in [0.3, 0.4) is 0 Å². The average Bonchev–Trinajstić information content (AvgIpc) is 2.62. The number of hydrogen-bond donors (Lipinski definition) is 2. The topological polar surface area (TPSA) is 49.3 Å². The van der Waals surface area contributed by atoms with Crippen molar-refractivity contribution in [1.82, 2.24) is 5.32 Å². The highest BCUT2D eigenvalue weighted by molar-refractivity contribution is 7.10. The van der Waals surface area contributed by atoms with Crippen LogP contribution in [-0.2, 0) is 4.79 Å². The molecule has 15 heavy (non-hydrogen) atoms. The second-order valence-corrected chi connectivity index (χ2v) is 4.86. The first-order valence-corrected chi connectivity index (χ1v) is 5.57. The van der Waals surface area contributed by atoms with Crippen LogP contribution in [0.5, 0.6) is 0 Å². The number of hydrogen-bond acceptors (Lipinski definition) is 3. The fourth-order valence-electron chi connectivity index (χ4n) is 0.906. The molecule has 0 aliphatic rings. The third-order valence-electron chi connectivity index (χ3n) is 1.64. The van der Waals surface area contributed by atoms with Gasteiger partial charge in [0.1, 0.15) is 0 Å². The first kappa shape index (κ1) is 11.9. The van der Waals surface area contributed by atoms with E-state index in [1.54, 1.807) is 31.3 Å². The fourth-order valence-corrected chi connectivity index (χ4v) is 1.52. The van der Waals surface area contributed by atoms with E-state index >= 15 is 0 Å². The summed E-state index contributed by atoms with van der Waals surface area (Å²) in [5, 5.41) is 13.9. The van der Waals surface area contributed by atoms with Crippen LogP contribution >= 0.6 is 11.3 Å².